The third kappa shape index (κ3) is 4.41. The number of nitro groups is 2. The first-order valence-corrected chi connectivity index (χ1v) is 11.3. The summed E-state index contributed by atoms with van der Waals surface area (Å²) in [7, 11) is 0. The fourth-order valence-corrected chi connectivity index (χ4v) is 4.90. The minimum Gasteiger partial charge on any atom is -0.312 e. The Morgan fingerprint density at radius 2 is 1.27 bits per heavy atom. The monoisotopic (exact) mass is 573 g/mol. The van der Waals surface area contributed by atoms with Gasteiger partial charge in [0.2, 0.25) is 0 Å². The quantitative estimate of drug-likeness (QED) is 0.163. The zero-order valence-corrected chi connectivity index (χ0v) is 19.7. The van der Waals surface area contributed by atoms with Crippen LogP contribution in [0.5, 0.6) is 0 Å². The Labute approximate surface area is 203 Å². The van der Waals surface area contributed by atoms with Crippen molar-refractivity contribution in [3.05, 3.63) is 115 Å². The van der Waals surface area contributed by atoms with E-state index in [2.05, 4.69) is 37.0 Å². The van der Waals surface area contributed by atoms with Gasteiger partial charge in [0.05, 0.1) is 31.1 Å². The average Bonchev–Trinajstić information content (AvgIpc) is 2.91. The van der Waals surface area contributed by atoms with Gasteiger partial charge in [-0.15, -0.1) is 0 Å². The van der Waals surface area contributed by atoms with Crippen molar-refractivity contribution in [3.8, 4) is 0 Å². The molecule has 0 aromatic heterocycles. The molecule has 0 heterocycles. The van der Waals surface area contributed by atoms with Crippen molar-refractivity contribution < 1.29 is 19.5 Å². The first-order valence-electron chi connectivity index (χ1n) is 9.48. The number of fused-ring (bicyclic) bond motifs is 2. The number of alkyl halides is 2. The summed E-state index contributed by atoms with van der Waals surface area (Å²) in [6.07, 6.45) is 0. The van der Waals surface area contributed by atoms with Crippen molar-refractivity contribution in [2.45, 2.75) is 9.65 Å². The summed E-state index contributed by atoms with van der Waals surface area (Å²) in [4.78, 5) is 38.2. The van der Waals surface area contributed by atoms with Gasteiger partial charge in [0, 0.05) is 23.3 Å². The fraction of sp³-hybridized carbons (Fsp3) is 0.0909. The van der Waals surface area contributed by atoms with Gasteiger partial charge in [0.15, 0.2) is 0 Å². The standard InChI is InChI=1S/C22H13Br2N3O6/c23-19-15-5-1-3-7-17(15)21(18-8-4-2-6-16(18)20(19)24)25-33-22(28)12-9-13(26(29)30)11-14(10-12)27(31)32/h1-11,19-20H/t19-,20-/m0/s1. The Morgan fingerprint density at radius 1 is 0.818 bits per heavy atom. The molecule has 3 aromatic rings. The molecular formula is C22H13Br2N3O6. The van der Waals surface area contributed by atoms with Gasteiger partial charge in [-0.25, -0.2) is 4.79 Å². The Hall–Kier alpha value is -3.44. The lowest BCUT2D eigenvalue weighted by atomic mass is 9.98. The van der Waals surface area contributed by atoms with Crippen LogP contribution in [-0.4, -0.2) is 21.5 Å². The number of hydrogen-bond donors (Lipinski definition) is 0. The van der Waals surface area contributed by atoms with Crippen LogP contribution in [0.15, 0.2) is 71.9 Å². The summed E-state index contributed by atoms with van der Waals surface area (Å²) in [5, 5.41) is 26.4. The van der Waals surface area contributed by atoms with Crippen molar-refractivity contribution in [2.24, 2.45) is 5.16 Å². The molecule has 33 heavy (non-hydrogen) atoms. The maximum absolute atomic E-state index is 12.7. The largest absolute Gasteiger partial charge is 0.366 e. The fourth-order valence-electron chi connectivity index (χ4n) is 3.53. The van der Waals surface area contributed by atoms with Crippen LogP contribution in [0.4, 0.5) is 11.4 Å². The predicted octanol–water partition coefficient (Wildman–Crippen LogP) is 6.00. The Kier molecular flexibility index (Phi) is 6.34. The molecule has 0 saturated carbocycles. The van der Waals surface area contributed by atoms with Gasteiger partial charge in [-0.1, -0.05) is 85.5 Å². The van der Waals surface area contributed by atoms with E-state index in [1.54, 1.807) is 0 Å². The van der Waals surface area contributed by atoms with Crippen LogP contribution < -0.4 is 0 Å². The summed E-state index contributed by atoms with van der Waals surface area (Å²) in [6, 6.07) is 17.6. The van der Waals surface area contributed by atoms with E-state index in [0.29, 0.717) is 5.71 Å². The summed E-state index contributed by atoms with van der Waals surface area (Å²) in [6.45, 7) is 0. The molecule has 0 aliphatic heterocycles. The summed E-state index contributed by atoms with van der Waals surface area (Å²) >= 11 is 7.44. The van der Waals surface area contributed by atoms with E-state index in [1.807, 2.05) is 48.5 Å². The molecule has 11 heteroatoms. The molecule has 1 aliphatic carbocycles. The van der Waals surface area contributed by atoms with Crippen LogP contribution in [0.3, 0.4) is 0 Å². The molecule has 0 fully saturated rings. The van der Waals surface area contributed by atoms with E-state index in [9.17, 15) is 25.0 Å². The third-order valence-electron chi connectivity index (χ3n) is 5.06. The van der Waals surface area contributed by atoms with Crippen LogP contribution in [0.2, 0.25) is 0 Å². The average molecular weight is 575 g/mol. The zero-order valence-electron chi connectivity index (χ0n) is 16.6. The first kappa shape index (κ1) is 22.7. The van der Waals surface area contributed by atoms with Crippen molar-refractivity contribution in [2.75, 3.05) is 0 Å². The molecule has 0 spiro atoms. The highest BCUT2D eigenvalue weighted by molar-refractivity contribution is 9.12. The summed E-state index contributed by atoms with van der Waals surface area (Å²) < 4.78 is 0. The highest BCUT2D eigenvalue weighted by Crippen LogP contribution is 2.47. The number of benzene rings is 3. The molecular weight excluding hydrogens is 562 g/mol. The Bertz CT molecular complexity index is 1240. The summed E-state index contributed by atoms with van der Waals surface area (Å²) in [5.41, 5.74) is 2.12. The molecule has 0 bridgehead atoms. The number of hydrogen-bond acceptors (Lipinski definition) is 7. The van der Waals surface area contributed by atoms with Gasteiger partial charge in [-0.3, -0.25) is 20.2 Å². The SMILES string of the molecule is O=C(ON=C1c2ccccc2[C@H](Br)[C@@H](Br)c2ccccc21)c1cc([N+](=O)[O-])cc([N+](=O)[O-])c1. The van der Waals surface area contributed by atoms with E-state index >= 15 is 0 Å². The van der Waals surface area contributed by atoms with Crippen LogP contribution in [0.1, 0.15) is 42.3 Å². The number of non-ortho nitro benzene ring substituents is 2. The number of nitro benzene ring substituents is 2. The zero-order chi connectivity index (χ0) is 23.7. The lowest BCUT2D eigenvalue weighted by Crippen LogP contribution is -2.10. The molecule has 0 unspecified atom stereocenters. The van der Waals surface area contributed by atoms with Crippen molar-refractivity contribution in [3.63, 3.8) is 0 Å². The smallest absolute Gasteiger partial charge is 0.312 e. The minimum absolute atomic E-state index is 0.0994. The molecule has 3 aromatic carbocycles. The van der Waals surface area contributed by atoms with Crippen LogP contribution >= 0.6 is 31.9 Å². The molecule has 9 nitrogen and oxygen atoms in total. The van der Waals surface area contributed by atoms with E-state index in [1.165, 1.54) is 0 Å². The van der Waals surface area contributed by atoms with Crippen molar-refractivity contribution in [1.29, 1.82) is 0 Å². The van der Waals surface area contributed by atoms with Crippen LogP contribution in [0.25, 0.3) is 0 Å². The highest BCUT2D eigenvalue weighted by Gasteiger charge is 2.31. The number of oxime groups is 1. The molecule has 0 N–H and O–H groups in total. The van der Waals surface area contributed by atoms with E-state index in [0.717, 1.165) is 40.5 Å². The van der Waals surface area contributed by atoms with Gasteiger partial charge in [0.25, 0.3) is 11.4 Å². The second kappa shape index (κ2) is 9.20. The van der Waals surface area contributed by atoms with Crippen molar-refractivity contribution in [1.82, 2.24) is 0 Å². The number of rotatable bonds is 4. The van der Waals surface area contributed by atoms with Gasteiger partial charge < -0.3 is 4.84 Å². The molecule has 1 aliphatic rings. The minimum atomic E-state index is -1.06. The third-order valence-corrected chi connectivity index (χ3v) is 7.82. The second-order valence-electron chi connectivity index (χ2n) is 7.05. The topological polar surface area (TPSA) is 125 Å². The van der Waals surface area contributed by atoms with Gasteiger partial charge in [-0.2, -0.15) is 0 Å². The summed E-state index contributed by atoms with van der Waals surface area (Å²) in [5.74, 6) is -1.06. The lowest BCUT2D eigenvalue weighted by molar-refractivity contribution is -0.394. The van der Waals surface area contributed by atoms with Crippen LogP contribution in [-0.2, 0) is 4.84 Å². The van der Waals surface area contributed by atoms with Gasteiger partial charge in [0.1, 0.15) is 5.71 Å². The number of nitrogens with zero attached hydrogens (tertiary/aromatic N) is 3. The Morgan fingerprint density at radius 3 is 1.73 bits per heavy atom. The maximum atomic E-state index is 12.7. The predicted molar refractivity (Wildman–Crippen MR) is 127 cm³/mol. The number of halogens is 2. The van der Waals surface area contributed by atoms with Crippen molar-refractivity contribution >= 4 is 54.9 Å². The van der Waals surface area contributed by atoms with Gasteiger partial charge in [-0.05, 0) is 11.1 Å². The number of carbonyl (C=O) groups excluding carboxylic acids is 1. The van der Waals surface area contributed by atoms with Crippen LogP contribution in [0, 0.1) is 20.2 Å². The Balaban J connectivity index is 1.80. The normalized spacial score (nSPS) is 16.7. The highest BCUT2D eigenvalue weighted by atomic mass is 79.9. The molecule has 4 rings (SSSR count). The van der Waals surface area contributed by atoms with E-state index in [-0.39, 0.29) is 15.2 Å². The molecule has 2 atom stereocenters. The van der Waals surface area contributed by atoms with E-state index < -0.39 is 27.2 Å². The lowest BCUT2D eigenvalue weighted by Gasteiger charge is -2.16. The molecule has 166 valence electrons. The molecule has 0 saturated heterocycles. The van der Waals surface area contributed by atoms with Gasteiger partial charge >= 0.3 is 5.97 Å². The first-order chi connectivity index (χ1) is 15.8. The molecule has 0 radical (unpaired) electrons. The number of carbonyl (C=O) groups is 1. The van der Waals surface area contributed by atoms with E-state index in [4.69, 9.17) is 4.84 Å². The maximum Gasteiger partial charge on any atom is 0.366 e. The molecule has 0 amide bonds. The second-order valence-corrected chi connectivity index (χ2v) is 9.02.